The Hall–Kier alpha value is -2.01. The largest absolute Gasteiger partial charge is 0.485 e. The summed E-state index contributed by atoms with van der Waals surface area (Å²) in [5, 5.41) is 2.88. The van der Waals surface area contributed by atoms with Crippen molar-refractivity contribution in [1.29, 1.82) is 0 Å². The zero-order chi connectivity index (χ0) is 14.8. The number of anilines is 1. The lowest BCUT2D eigenvalue weighted by atomic mass is 10.2. The Morgan fingerprint density at radius 2 is 2.00 bits per heavy atom. The Balaban J connectivity index is 1.74. The third kappa shape index (κ3) is 3.03. The average Bonchev–Trinajstić information content (AvgIpc) is 2.50. The van der Waals surface area contributed by atoms with Crippen LogP contribution < -0.4 is 14.8 Å². The fourth-order valence-corrected chi connectivity index (χ4v) is 2.45. The van der Waals surface area contributed by atoms with E-state index in [4.69, 9.17) is 9.47 Å². The highest BCUT2D eigenvalue weighted by atomic mass is 79.9. The Bertz CT molecular complexity index is 687. The van der Waals surface area contributed by atoms with Gasteiger partial charge < -0.3 is 14.8 Å². The molecule has 1 amide bonds. The van der Waals surface area contributed by atoms with Gasteiger partial charge >= 0.3 is 0 Å². The Labute approximate surface area is 131 Å². The molecule has 108 valence electrons. The molecule has 4 nitrogen and oxygen atoms in total. The third-order valence-corrected chi connectivity index (χ3v) is 3.75. The summed E-state index contributed by atoms with van der Waals surface area (Å²) in [6, 6.07) is 13.1. The topological polar surface area (TPSA) is 47.6 Å². The van der Waals surface area contributed by atoms with Crippen LogP contribution in [0, 0.1) is 6.92 Å². The number of carbonyl (C=O) groups is 1. The van der Waals surface area contributed by atoms with Gasteiger partial charge in [-0.25, -0.2) is 0 Å². The number of nitrogens with one attached hydrogen (secondary N) is 1. The molecule has 2 aromatic carbocycles. The molecule has 1 aliphatic heterocycles. The lowest BCUT2D eigenvalue weighted by molar-refractivity contribution is -0.125. The van der Waals surface area contributed by atoms with E-state index in [1.165, 1.54) is 0 Å². The van der Waals surface area contributed by atoms with Crippen LogP contribution in [0.5, 0.6) is 11.5 Å². The van der Waals surface area contributed by atoms with E-state index < -0.39 is 6.10 Å². The lowest BCUT2D eigenvalue weighted by Gasteiger charge is -2.25. The van der Waals surface area contributed by atoms with E-state index >= 15 is 0 Å². The molecule has 1 heterocycles. The van der Waals surface area contributed by atoms with E-state index in [2.05, 4.69) is 21.2 Å². The minimum Gasteiger partial charge on any atom is -0.485 e. The highest BCUT2D eigenvalue weighted by Crippen LogP contribution is 2.31. The molecular weight excluding hydrogens is 334 g/mol. The second kappa shape index (κ2) is 5.77. The van der Waals surface area contributed by atoms with Gasteiger partial charge in [-0.2, -0.15) is 0 Å². The summed E-state index contributed by atoms with van der Waals surface area (Å²) in [7, 11) is 0. The first-order valence-electron chi connectivity index (χ1n) is 6.59. The summed E-state index contributed by atoms with van der Waals surface area (Å²) in [6.45, 7) is 2.14. The SMILES string of the molecule is Cc1ccc(Br)cc1NC(=O)C1COc2ccccc2O1. The first kappa shape index (κ1) is 13.9. The number of benzene rings is 2. The first-order valence-corrected chi connectivity index (χ1v) is 7.38. The minimum atomic E-state index is -0.654. The molecule has 0 bridgehead atoms. The Kier molecular flexibility index (Phi) is 3.84. The fraction of sp³-hybridized carbons (Fsp3) is 0.188. The maximum atomic E-state index is 12.3. The minimum absolute atomic E-state index is 0.204. The number of aryl methyl sites for hydroxylation is 1. The molecule has 0 fully saturated rings. The van der Waals surface area contributed by atoms with Crippen LogP contribution in [-0.4, -0.2) is 18.6 Å². The summed E-state index contributed by atoms with van der Waals surface area (Å²) in [5.41, 5.74) is 1.75. The van der Waals surface area contributed by atoms with Crippen LogP contribution >= 0.6 is 15.9 Å². The molecule has 0 aliphatic carbocycles. The van der Waals surface area contributed by atoms with E-state index in [0.717, 1.165) is 15.7 Å². The summed E-state index contributed by atoms with van der Waals surface area (Å²) >= 11 is 3.40. The van der Waals surface area contributed by atoms with Gasteiger partial charge in [0.25, 0.3) is 5.91 Å². The number of hydrogen-bond donors (Lipinski definition) is 1. The predicted molar refractivity (Wildman–Crippen MR) is 83.9 cm³/mol. The molecule has 3 rings (SSSR count). The van der Waals surface area contributed by atoms with Crippen molar-refractivity contribution < 1.29 is 14.3 Å². The number of hydrogen-bond acceptors (Lipinski definition) is 3. The van der Waals surface area contributed by atoms with Crippen molar-refractivity contribution in [3.63, 3.8) is 0 Å². The molecule has 0 radical (unpaired) electrons. The molecule has 0 spiro atoms. The van der Waals surface area contributed by atoms with Crippen molar-refractivity contribution in [3.05, 3.63) is 52.5 Å². The van der Waals surface area contributed by atoms with Crippen molar-refractivity contribution in [1.82, 2.24) is 0 Å². The van der Waals surface area contributed by atoms with E-state index in [-0.39, 0.29) is 12.5 Å². The molecule has 0 saturated carbocycles. The smallest absolute Gasteiger partial charge is 0.269 e. The molecule has 21 heavy (non-hydrogen) atoms. The maximum Gasteiger partial charge on any atom is 0.269 e. The molecule has 1 N–H and O–H groups in total. The number of para-hydroxylation sites is 2. The lowest BCUT2D eigenvalue weighted by Crippen LogP contribution is -2.40. The summed E-state index contributed by atoms with van der Waals surface area (Å²) in [5.74, 6) is 1.04. The molecule has 5 heteroatoms. The Morgan fingerprint density at radius 1 is 1.24 bits per heavy atom. The quantitative estimate of drug-likeness (QED) is 0.903. The van der Waals surface area contributed by atoms with Crippen molar-refractivity contribution in [2.24, 2.45) is 0 Å². The normalized spacial score (nSPS) is 16.4. The van der Waals surface area contributed by atoms with Gasteiger partial charge in [0.2, 0.25) is 6.10 Å². The monoisotopic (exact) mass is 347 g/mol. The molecule has 2 aromatic rings. The van der Waals surface area contributed by atoms with Crippen molar-refractivity contribution in [2.45, 2.75) is 13.0 Å². The number of halogens is 1. The van der Waals surface area contributed by atoms with Crippen LogP contribution in [0.4, 0.5) is 5.69 Å². The van der Waals surface area contributed by atoms with Crippen molar-refractivity contribution >= 4 is 27.5 Å². The molecule has 1 atom stereocenters. The third-order valence-electron chi connectivity index (χ3n) is 3.26. The average molecular weight is 348 g/mol. The van der Waals surface area contributed by atoms with Gasteiger partial charge in [0.1, 0.15) is 6.61 Å². The number of rotatable bonds is 2. The molecule has 0 saturated heterocycles. The van der Waals surface area contributed by atoms with Gasteiger partial charge in [-0.15, -0.1) is 0 Å². The Morgan fingerprint density at radius 3 is 2.81 bits per heavy atom. The van der Waals surface area contributed by atoms with Crippen molar-refractivity contribution in [2.75, 3.05) is 11.9 Å². The number of ether oxygens (including phenoxy) is 2. The van der Waals surface area contributed by atoms with E-state index in [1.807, 2.05) is 43.3 Å². The van der Waals surface area contributed by atoms with Crippen LogP contribution in [0.3, 0.4) is 0 Å². The zero-order valence-corrected chi connectivity index (χ0v) is 13.0. The predicted octanol–water partition coefficient (Wildman–Crippen LogP) is 3.54. The maximum absolute atomic E-state index is 12.3. The standard InChI is InChI=1S/C16H14BrNO3/c1-10-6-7-11(17)8-12(10)18-16(19)15-9-20-13-4-2-3-5-14(13)21-15/h2-8,15H,9H2,1H3,(H,18,19). The summed E-state index contributed by atoms with van der Waals surface area (Å²) in [4.78, 5) is 12.3. The fourth-order valence-electron chi connectivity index (χ4n) is 2.09. The summed E-state index contributed by atoms with van der Waals surface area (Å²) in [6.07, 6.45) is -0.654. The van der Waals surface area contributed by atoms with Crippen LogP contribution in [-0.2, 0) is 4.79 Å². The highest BCUT2D eigenvalue weighted by Gasteiger charge is 2.27. The van der Waals surface area contributed by atoms with Gasteiger partial charge in [0.05, 0.1) is 0 Å². The molecule has 1 aliphatic rings. The van der Waals surface area contributed by atoms with Crippen LogP contribution in [0.15, 0.2) is 46.9 Å². The number of carbonyl (C=O) groups excluding carboxylic acids is 1. The van der Waals surface area contributed by atoms with Crippen LogP contribution in [0.25, 0.3) is 0 Å². The summed E-state index contributed by atoms with van der Waals surface area (Å²) < 4.78 is 12.2. The second-order valence-corrected chi connectivity index (χ2v) is 5.73. The van der Waals surface area contributed by atoms with E-state index in [0.29, 0.717) is 11.5 Å². The van der Waals surface area contributed by atoms with E-state index in [1.54, 1.807) is 6.07 Å². The van der Waals surface area contributed by atoms with E-state index in [9.17, 15) is 4.79 Å². The van der Waals surface area contributed by atoms with Crippen LogP contribution in [0.1, 0.15) is 5.56 Å². The highest BCUT2D eigenvalue weighted by molar-refractivity contribution is 9.10. The first-order chi connectivity index (χ1) is 10.1. The van der Waals surface area contributed by atoms with Gasteiger partial charge in [0, 0.05) is 10.2 Å². The van der Waals surface area contributed by atoms with Gasteiger partial charge in [-0.05, 0) is 36.8 Å². The number of fused-ring (bicyclic) bond motifs is 1. The molecular formula is C16H14BrNO3. The van der Waals surface area contributed by atoms with Gasteiger partial charge in [-0.1, -0.05) is 34.1 Å². The second-order valence-electron chi connectivity index (χ2n) is 4.81. The van der Waals surface area contributed by atoms with Gasteiger partial charge in [-0.3, -0.25) is 4.79 Å². The molecule has 1 unspecified atom stereocenters. The van der Waals surface area contributed by atoms with Gasteiger partial charge in [0.15, 0.2) is 11.5 Å². The van der Waals surface area contributed by atoms with Crippen LogP contribution in [0.2, 0.25) is 0 Å². The van der Waals surface area contributed by atoms with Crippen molar-refractivity contribution in [3.8, 4) is 11.5 Å². The number of amides is 1. The molecule has 0 aromatic heterocycles. The zero-order valence-electron chi connectivity index (χ0n) is 11.4.